The molecule has 0 spiro atoms. The molecule has 0 aliphatic carbocycles. The third kappa shape index (κ3) is 32.0. The molecule has 25 heavy (non-hydrogen) atoms. The molecular weight excluding hydrogens is 346 g/mol. The third-order valence-corrected chi connectivity index (χ3v) is 2.57. The van der Waals surface area contributed by atoms with Gasteiger partial charge in [-0.2, -0.15) is 45.5 Å². The van der Waals surface area contributed by atoms with Crippen molar-refractivity contribution in [2.45, 2.75) is 67.7 Å². The molecule has 1 heterocycles. The second-order valence-electron chi connectivity index (χ2n) is 5.73. The number of hydrogen-bond donors (Lipinski definition) is 0. The topological polar surface area (TPSA) is 69.3 Å². The first-order valence-electron chi connectivity index (χ1n) is 9.19. The molecule has 0 saturated carbocycles. The van der Waals surface area contributed by atoms with E-state index in [1.807, 2.05) is 47.6 Å². The first-order chi connectivity index (χ1) is 11.3. The predicted molar refractivity (Wildman–Crippen MR) is 110 cm³/mol. The maximum absolute atomic E-state index is 3.97. The molecule has 1 rings (SSSR count). The summed E-state index contributed by atoms with van der Waals surface area (Å²) < 4.78 is 0. The second-order valence-corrected chi connectivity index (χ2v) is 5.73. The summed E-state index contributed by atoms with van der Waals surface area (Å²) in [5.74, 6) is 0. The summed E-state index contributed by atoms with van der Waals surface area (Å²) in [5, 5.41) is 19.6. The Labute approximate surface area is 172 Å². The average molecular weight is 387 g/mol. The van der Waals surface area contributed by atoms with Crippen LogP contribution in [-0.4, -0.2) is 44.4 Å². The van der Waals surface area contributed by atoms with Gasteiger partial charge in [-0.3, -0.25) is 0 Å². The van der Waals surface area contributed by atoms with Crippen molar-refractivity contribution in [1.82, 2.24) is 10.2 Å². The molecule has 6 heteroatoms. The monoisotopic (exact) mass is 387 g/mol. The summed E-state index contributed by atoms with van der Waals surface area (Å²) in [6.07, 6.45) is 1.72. The molecule has 0 saturated heterocycles. The van der Waals surface area contributed by atoms with Gasteiger partial charge in [0.15, 0.2) is 0 Å². The van der Waals surface area contributed by atoms with Crippen molar-refractivity contribution >= 4 is 0 Å². The minimum Gasteiger partial charge on any atom is -0.663 e. The number of nitrogens with zero attached hydrogens (tertiary/aromatic N) is 5. The van der Waals surface area contributed by atoms with Crippen molar-refractivity contribution < 1.29 is 21.7 Å². The van der Waals surface area contributed by atoms with Crippen LogP contribution in [0, 0.1) is 0 Å². The largest absolute Gasteiger partial charge is 4.00 e. The maximum Gasteiger partial charge on any atom is 4.00 e. The fraction of sp³-hybridized carbons (Fsp3) is 0.842. The molecule has 0 unspecified atom stereocenters. The first-order valence-corrected chi connectivity index (χ1v) is 9.19. The van der Waals surface area contributed by atoms with Gasteiger partial charge in [-0.1, -0.05) is 68.4 Å². The Morgan fingerprint density at radius 2 is 1.08 bits per heavy atom. The summed E-state index contributed by atoms with van der Waals surface area (Å²) in [6.45, 7) is 24.4. The van der Waals surface area contributed by atoms with E-state index in [1.54, 1.807) is 6.20 Å². The number of aromatic nitrogens is 2. The van der Waals surface area contributed by atoms with E-state index in [1.165, 1.54) is 0 Å². The van der Waals surface area contributed by atoms with Crippen LogP contribution in [0.5, 0.6) is 0 Å². The molecule has 1 aromatic heterocycles. The van der Waals surface area contributed by atoms with Crippen LogP contribution in [0.4, 0.5) is 0 Å². The molecule has 0 atom stereocenters. The minimum absolute atomic E-state index is 0. The van der Waals surface area contributed by atoms with Crippen LogP contribution in [-0.2, 0) is 27.1 Å². The minimum atomic E-state index is 0. The van der Waals surface area contributed by atoms with Gasteiger partial charge in [-0.25, -0.2) is 0 Å². The van der Waals surface area contributed by atoms with Crippen molar-refractivity contribution in [2.24, 2.45) is 0 Å². The first kappa shape index (κ1) is 32.5. The molecular formula is C19H41N5Ti. The van der Waals surface area contributed by atoms with Gasteiger partial charge in [0.1, 0.15) is 0 Å². The van der Waals surface area contributed by atoms with Crippen LogP contribution < -0.4 is 5.10 Å². The fourth-order valence-electron chi connectivity index (χ4n) is 1.30. The Balaban J connectivity index is -0.000000122. The normalized spacial score (nSPS) is 9.32. The van der Waals surface area contributed by atoms with Crippen molar-refractivity contribution in [3.05, 3.63) is 33.9 Å². The van der Waals surface area contributed by atoms with Crippen LogP contribution in [0.15, 0.2) is 12.3 Å². The quantitative estimate of drug-likeness (QED) is 0.602. The van der Waals surface area contributed by atoms with Crippen LogP contribution in [0.25, 0.3) is 16.0 Å². The Morgan fingerprint density at radius 1 is 0.760 bits per heavy atom. The molecule has 0 radical (unpaired) electrons. The summed E-state index contributed by atoms with van der Waals surface area (Å²) in [6, 6.07) is 1.94. The van der Waals surface area contributed by atoms with Gasteiger partial charge in [0.05, 0.1) is 0 Å². The molecule has 0 amide bonds. The van der Waals surface area contributed by atoms with E-state index in [-0.39, 0.29) is 27.1 Å². The van der Waals surface area contributed by atoms with Gasteiger partial charge in [-0.05, 0) is 0 Å². The molecule has 0 fully saturated rings. The SMILES string of the molecule is CC(C)(C)c1cc[n-]n1.CC[N-]CC.CC[N-]CC.CC[N-]CC.[Ti+4]. The summed E-state index contributed by atoms with van der Waals surface area (Å²) in [5.41, 5.74) is 1.21. The van der Waals surface area contributed by atoms with Crippen LogP contribution in [0.3, 0.4) is 0 Å². The van der Waals surface area contributed by atoms with Gasteiger partial charge in [0.2, 0.25) is 0 Å². The number of hydrogen-bond acceptors (Lipinski definition) is 1. The average Bonchev–Trinajstić information content (AvgIpc) is 3.06. The summed E-state index contributed by atoms with van der Waals surface area (Å²) in [7, 11) is 0. The van der Waals surface area contributed by atoms with Gasteiger partial charge >= 0.3 is 21.7 Å². The van der Waals surface area contributed by atoms with E-state index in [9.17, 15) is 0 Å². The van der Waals surface area contributed by atoms with Crippen LogP contribution >= 0.6 is 0 Å². The molecule has 0 aromatic carbocycles. The molecule has 0 N–H and O–H groups in total. The third-order valence-electron chi connectivity index (χ3n) is 2.57. The van der Waals surface area contributed by atoms with Crippen molar-refractivity contribution in [3.8, 4) is 0 Å². The Kier molecular flexibility index (Phi) is 33.8. The Bertz CT molecular complexity index is 277. The van der Waals surface area contributed by atoms with Gasteiger partial charge in [0.25, 0.3) is 0 Å². The summed E-state index contributed by atoms with van der Waals surface area (Å²) in [4.78, 5) is 0. The molecule has 0 aliphatic heterocycles. The van der Waals surface area contributed by atoms with E-state index in [2.05, 4.69) is 46.9 Å². The summed E-state index contributed by atoms with van der Waals surface area (Å²) >= 11 is 0. The van der Waals surface area contributed by atoms with Crippen molar-refractivity contribution in [3.63, 3.8) is 0 Å². The second kappa shape index (κ2) is 26.0. The predicted octanol–water partition coefficient (Wildman–Crippen LogP) is 5.53. The molecule has 146 valence electrons. The van der Waals surface area contributed by atoms with Crippen LogP contribution in [0.2, 0.25) is 0 Å². The fourth-order valence-corrected chi connectivity index (χ4v) is 1.30. The van der Waals surface area contributed by atoms with Crippen LogP contribution in [0.1, 0.15) is 68.0 Å². The van der Waals surface area contributed by atoms with E-state index in [0.717, 1.165) is 45.0 Å². The molecule has 5 nitrogen and oxygen atoms in total. The van der Waals surface area contributed by atoms with E-state index >= 15 is 0 Å². The maximum atomic E-state index is 3.97. The van der Waals surface area contributed by atoms with Gasteiger partial charge in [0, 0.05) is 11.1 Å². The van der Waals surface area contributed by atoms with Gasteiger partial charge < -0.3 is 26.1 Å². The van der Waals surface area contributed by atoms with E-state index < -0.39 is 0 Å². The Morgan fingerprint density at radius 3 is 1.16 bits per heavy atom. The van der Waals surface area contributed by atoms with Crippen molar-refractivity contribution in [1.29, 1.82) is 0 Å². The number of rotatable bonds is 6. The molecule has 1 aromatic rings. The van der Waals surface area contributed by atoms with E-state index in [0.29, 0.717) is 0 Å². The van der Waals surface area contributed by atoms with E-state index in [4.69, 9.17) is 0 Å². The smallest absolute Gasteiger partial charge is 0.663 e. The zero-order chi connectivity index (χ0) is 19.3. The van der Waals surface area contributed by atoms with Crippen molar-refractivity contribution in [2.75, 3.05) is 39.3 Å². The zero-order valence-corrected chi connectivity index (χ0v) is 19.7. The zero-order valence-electron chi connectivity index (χ0n) is 18.1. The standard InChI is InChI=1S/C7H11N2.3C4H10N.Ti/c1-7(2,3)6-4-5-8-9-6;3*1-3-5-4-2;/h4-5H,1-3H3;3*3-4H2,1-2H3;/q4*-1;+4. The Hall–Kier alpha value is -0.196. The molecule has 0 bridgehead atoms. The molecule has 0 aliphatic rings. The van der Waals surface area contributed by atoms with Gasteiger partial charge in [-0.15, -0.1) is 0 Å².